The van der Waals surface area contributed by atoms with E-state index in [0.29, 0.717) is 10.0 Å². The highest BCUT2D eigenvalue weighted by atomic mass is 35.5. The quantitative estimate of drug-likeness (QED) is 0.214. The molecule has 4 aromatic rings. The minimum absolute atomic E-state index is 0.167. The minimum atomic E-state index is -0.167. The van der Waals surface area contributed by atoms with Gasteiger partial charge in [0.2, 0.25) is 4.80 Å². The summed E-state index contributed by atoms with van der Waals surface area (Å²) in [5.74, 6) is 0.218. The van der Waals surface area contributed by atoms with E-state index in [1.165, 1.54) is 16.9 Å². The molecule has 8 heteroatoms. The van der Waals surface area contributed by atoms with Crippen LogP contribution in [0.15, 0.2) is 88.4 Å². The molecule has 0 bridgehead atoms. The van der Waals surface area contributed by atoms with Crippen LogP contribution < -0.4 is 4.80 Å². The number of nitrogens with zero attached hydrogens (tertiary/aromatic N) is 3. The number of benzene rings is 3. The summed E-state index contributed by atoms with van der Waals surface area (Å²) in [7, 11) is 0. The predicted octanol–water partition coefficient (Wildman–Crippen LogP) is 6.79. The molecule has 35 heavy (non-hydrogen) atoms. The van der Waals surface area contributed by atoms with E-state index in [1.54, 1.807) is 50.4 Å². The van der Waals surface area contributed by atoms with Crippen molar-refractivity contribution in [1.82, 2.24) is 4.57 Å². The Morgan fingerprint density at radius 3 is 2.34 bits per heavy atom. The summed E-state index contributed by atoms with van der Waals surface area (Å²) >= 11 is 14.1. The van der Waals surface area contributed by atoms with Gasteiger partial charge in [0.25, 0.3) is 0 Å². The molecule has 0 atom stereocenters. The third-order valence-corrected chi connectivity index (χ3v) is 6.12. The normalized spacial score (nSPS) is 11.7. The zero-order valence-electron chi connectivity index (χ0n) is 19.5. The lowest BCUT2D eigenvalue weighted by Gasteiger charge is -2.10. The van der Waals surface area contributed by atoms with Crippen LogP contribution in [0.2, 0.25) is 10.0 Å². The molecule has 0 amide bonds. The van der Waals surface area contributed by atoms with Gasteiger partial charge in [-0.1, -0.05) is 53.5 Å². The molecular weight excluding hydrogens is 501 g/mol. The van der Waals surface area contributed by atoms with E-state index in [9.17, 15) is 5.11 Å². The van der Waals surface area contributed by atoms with Crippen molar-refractivity contribution in [2.45, 2.75) is 32.9 Å². The number of phenols is 1. The second kappa shape index (κ2) is 13.3. The molecule has 0 radical (unpaired) electrons. The van der Waals surface area contributed by atoms with Crippen LogP contribution in [-0.2, 0) is 13.0 Å². The highest BCUT2D eigenvalue weighted by Crippen LogP contribution is 2.30. The second-order valence-electron chi connectivity index (χ2n) is 7.94. The van der Waals surface area contributed by atoms with Crippen LogP contribution in [0.25, 0.3) is 11.3 Å². The summed E-state index contributed by atoms with van der Waals surface area (Å²) in [6.45, 7) is 4.18. The fourth-order valence-corrected chi connectivity index (χ4v) is 4.52. The molecule has 182 valence electrons. The first-order chi connectivity index (χ1) is 16.8. The Bertz CT molecular complexity index is 1310. The molecule has 0 fully saturated rings. The Morgan fingerprint density at radius 2 is 1.69 bits per heavy atom. The molecule has 0 unspecified atom stereocenters. The highest BCUT2D eigenvalue weighted by Gasteiger charge is 2.12. The van der Waals surface area contributed by atoms with Crippen LogP contribution in [0.3, 0.4) is 0 Å². The van der Waals surface area contributed by atoms with Gasteiger partial charge in [-0.3, -0.25) is 0 Å². The SMILES string of the molecule is CC(C)O.Oc1ccc(/C=N/N=c2\scc(-c3ccc(Cl)cc3Cl)n2CCc2ccccc2)cc1. The summed E-state index contributed by atoms with van der Waals surface area (Å²) < 4.78 is 2.13. The number of aliphatic hydroxyl groups excluding tert-OH is 1. The third-order valence-electron chi connectivity index (χ3n) is 4.71. The molecule has 0 saturated carbocycles. The van der Waals surface area contributed by atoms with Gasteiger partial charge in [-0.25, -0.2) is 0 Å². The summed E-state index contributed by atoms with van der Waals surface area (Å²) in [4.78, 5) is 0.770. The van der Waals surface area contributed by atoms with E-state index in [-0.39, 0.29) is 11.9 Å². The molecule has 0 aliphatic heterocycles. The number of phenolic OH excluding ortho intramolecular Hbond substituents is 1. The van der Waals surface area contributed by atoms with Crippen molar-refractivity contribution in [3.8, 4) is 17.0 Å². The van der Waals surface area contributed by atoms with E-state index < -0.39 is 0 Å². The first kappa shape index (κ1) is 26.7. The molecule has 1 heterocycles. The maximum Gasteiger partial charge on any atom is 0.211 e. The highest BCUT2D eigenvalue weighted by molar-refractivity contribution is 7.07. The van der Waals surface area contributed by atoms with Gasteiger partial charge in [0.1, 0.15) is 5.75 Å². The van der Waals surface area contributed by atoms with Crippen LogP contribution >= 0.6 is 34.5 Å². The van der Waals surface area contributed by atoms with Crippen LogP contribution in [0.1, 0.15) is 25.0 Å². The fraction of sp³-hybridized carbons (Fsp3) is 0.185. The standard InChI is InChI=1S/C24H19Cl2N3OS.C3H8O/c25-19-8-11-21(22(26)14-19)23-16-31-24(28-27-15-18-6-9-20(30)10-7-18)29(23)13-12-17-4-2-1-3-5-17;1-3(2)4/h1-11,14-16,30H,12-13H2;3-4H,1-2H3/b27-15+,28-24-;. The Morgan fingerprint density at radius 1 is 1.00 bits per heavy atom. The Hall–Kier alpha value is -2.90. The van der Waals surface area contributed by atoms with Crippen LogP contribution in [0.4, 0.5) is 0 Å². The molecule has 0 saturated heterocycles. The number of hydrogen-bond donors (Lipinski definition) is 2. The number of aliphatic hydroxyl groups is 1. The minimum Gasteiger partial charge on any atom is -0.508 e. The largest absolute Gasteiger partial charge is 0.508 e. The van der Waals surface area contributed by atoms with Gasteiger partial charge < -0.3 is 14.8 Å². The molecular formula is C27H27Cl2N3O2S. The summed E-state index contributed by atoms with van der Waals surface area (Å²) in [6.07, 6.45) is 2.35. The fourth-order valence-electron chi connectivity index (χ4n) is 3.13. The van der Waals surface area contributed by atoms with Crippen molar-refractivity contribution in [2.24, 2.45) is 10.2 Å². The Labute approximate surface area is 219 Å². The molecule has 0 aliphatic rings. The van der Waals surface area contributed by atoms with Gasteiger partial charge in [-0.15, -0.1) is 16.4 Å². The number of aromatic nitrogens is 1. The van der Waals surface area contributed by atoms with Gasteiger partial charge >= 0.3 is 0 Å². The summed E-state index contributed by atoms with van der Waals surface area (Å²) in [5, 5.41) is 29.4. The lowest BCUT2D eigenvalue weighted by atomic mass is 10.1. The van der Waals surface area contributed by atoms with Crippen molar-refractivity contribution in [3.63, 3.8) is 0 Å². The van der Waals surface area contributed by atoms with E-state index in [2.05, 4.69) is 26.9 Å². The first-order valence-electron chi connectivity index (χ1n) is 11.1. The number of aryl methyl sites for hydroxylation is 1. The van der Waals surface area contributed by atoms with Crippen molar-refractivity contribution in [2.75, 3.05) is 0 Å². The topological polar surface area (TPSA) is 70.1 Å². The molecule has 2 N–H and O–H groups in total. The van der Waals surface area contributed by atoms with Crippen LogP contribution in [-0.4, -0.2) is 27.1 Å². The smallest absolute Gasteiger partial charge is 0.211 e. The van der Waals surface area contributed by atoms with Crippen molar-refractivity contribution in [3.05, 3.63) is 104 Å². The Kier molecular flexibility index (Phi) is 10.1. The molecule has 1 aromatic heterocycles. The third kappa shape index (κ3) is 8.37. The van der Waals surface area contributed by atoms with Gasteiger partial charge in [-0.2, -0.15) is 5.10 Å². The maximum atomic E-state index is 9.41. The number of aromatic hydroxyl groups is 1. The molecule has 0 spiro atoms. The molecule has 5 nitrogen and oxygen atoms in total. The van der Waals surface area contributed by atoms with Gasteiger partial charge in [-0.05, 0) is 73.9 Å². The van der Waals surface area contributed by atoms with E-state index >= 15 is 0 Å². The molecule has 4 rings (SSSR count). The summed E-state index contributed by atoms with van der Waals surface area (Å²) in [5.41, 5.74) is 3.98. The average molecular weight is 529 g/mol. The molecule has 3 aromatic carbocycles. The van der Waals surface area contributed by atoms with Crippen molar-refractivity contribution >= 4 is 40.8 Å². The maximum absolute atomic E-state index is 9.41. The van der Waals surface area contributed by atoms with Gasteiger partial charge in [0, 0.05) is 28.6 Å². The number of rotatable bonds is 6. The van der Waals surface area contributed by atoms with E-state index in [0.717, 1.165) is 34.6 Å². The van der Waals surface area contributed by atoms with Crippen molar-refractivity contribution in [1.29, 1.82) is 0 Å². The second-order valence-corrected chi connectivity index (χ2v) is 9.62. The average Bonchev–Trinajstić information content (AvgIpc) is 3.21. The zero-order valence-corrected chi connectivity index (χ0v) is 21.8. The zero-order chi connectivity index (χ0) is 25.2. The number of hydrogen-bond acceptors (Lipinski definition) is 5. The van der Waals surface area contributed by atoms with Gasteiger partial charge in [0.15, 0.2) is 0 Å². The van der Waals surface area contributed by atoms with E-state index in [4.69, 9.17) is 28.3 Å². The van der Waals surface area contributed by atoms with Crippen molar-refractivity contribution < 1.29 is 10.2 Å². The van der Waals surface area contributed by atoms with Crippen LogP contribution in [0, 0.1) is 0 Å². The monoisotopic (exact) mass is 527 g/mol. The predicted molar refractivity (Wildman–Crippen MR) is 147 cm³/mol. The number of thiazole rings is 1. The van der Waals surface area contributed by atoms with Gasteiger partial charge in [0.05, 0.1) is 16.9 Å². The van der Waals surface area contributed by atoms with Crippen LogP contribution in [0.5, 0.6) is 5.75 Å². The van der Waals surface area contributed by atoms with E-state index in [1.807, 2.05) is 35.7 Å². The molecule has 0 aliphatic carbocycles. The first-order valence-corrected chi connectivity index (χ1v) is 12.7. The lowest BCUT2D eigenvalue weighted by Crippen LogP contribution is -2.17. The Balaban J connectivity index is 0.000000795. The summed E-state index contributed by atoms with van der Waals surface area (Å²) in [6, 6.07) is 22.6. The number of halogens is 2. The lowest BCUT2D eigenvalue weighted by molar-refractivity contribution is 0.216.